The predicted molar refractivity (Wildman–Crippen MR) is 59.8 cm³/mol. The summed E-state index contributed by atoms with van der Waals surface area (Å²) in [5, 5.41) is 1.39. The van der Waals surface area contributed by atoms with Crippen molar-refractivity contribution in [2.24, 2.45) is 0 Å². The van der Waals surface area contributed by atoms with Crippen LogP contribution in [0.2, 0.25) is 5.02 Å². The van der Waals surface area contributed by atoms with Gasteiger partial charge in [-0.1, -0.05) is 29.4 Å². The van der Waals surface area contributed by atoms with Gasteiger partial charge in [-0.2, -0.15) is 0 Å². The van der Waals surface area contributed by atoms with E-state index in [4.69, 9.17) is 11.6 Å². The molecule has 0 saturated carbocycles. The van der Waals surface area contributed by atoms with Gasteiger partial charge in [-0.15, -0.1) is 0 Å². The molecule has 0 N–H and O–H groups in total. The highest BCUT2D eigenvalue weighted by Gasteiger charge is 2.27. The zero-order valence-corrected chi connectivity index (χ0v) is 9.32. The minimum absolute atomic E-state index is 0.514. The highest BCUT2D eigenvalue weighted by atomic mass is 35.5. The number of benzene rings is 1. The Morgan fingerprint density at radius 3 is 3.00 bits per heavy atom. The fourth-order valence-corrected chi connectivity index (χ4v) is 3.30. The highest BCUT2D eigenvalue weighted by Crippen LogP contribution is 2.46. The zero-order chi connectivity index (χ0) is 9.42. The maximum atomic E-state index is 6.15. The van der Waals surface area contributed by atoms with Crippen LogP contribution in [0.15, 0.2) is 23.1 Å². The Labute approximate surface area is 88.1 Å². The molecule has 0 radical (unpaired) electrons. The molecule has 1 aromatic rings. The third-order valence-corrected chi connectivity index (χ3v) is 3.80. The van der Waals surface area contributed by atoms with Crippen LogP contribution in [0.5, 0.6) is 0 Å². The van der Waals surface area contributed by atoms with Crippen molar-refractivity contribution in [3.63, 3.8) is 0 Å². The lowest BCUT2D eigenvalue weighted by atomic mass is 10.3. The van der Waals surface area contributed by atoms with Crippen molar-refractivity contribution >= 4 is 29.1 Å². The maximum absolute atomic E-state index is 6.15. The number of hydrogen-bond donors (Lipinski definition) is 0. The van der Waals surface area contributed by atoms with Gasteiger partial charge in [0.15, 0.2) is 0 Å². The van der Waals surface area contributed by atoms with E-state index in [0.29, 0.717) is 5.37 Å². The molecule has 0 aromatic heterocycles. The zero-order valence-electron chi connectivity index (χ0n) is 7.75. The van der Waals surface area contributed by atoms with Crippen LogP contribution in [0.25, 0.3) is 0 Å². The normalized spacial score (nSPS) is 20.5. The molecule has 0 bridgehead atoms. The first-order valence-electron chi connectivity index (χ1n) is 4.46. The Balaban J connectivity index is 2.49. The average Bonchev–Trinajstić information content (AvgIpc) is 2.42. The van der Waals surface area contributed by atoms with Gasteiger partial charge in [-0.25, -0.2) is 0 Å². The van der Waals surface area contributed by atoms with Crippen molar-refractivity contribution in [2.45, 2.75) is 24.1 Å². The Bertz CT molecular complexity index is 327. The van der Waals surface area contributed by atoms with E-state index in [9.17, 15) is 0 Å². The third-order valence-electron chi connectivity index (χ3n) is 2.31. The lowest BCUT2D eigenvalue weighted by Crippen LogP contribution is -2.26. The monoisotopic (exact) mass is 213 g/mol. The first-order valence-corrected chi connectivity index (χ1v) is 5.71. The molecule has 2 rings (SSSR count). The molecular formula is C10H12ClNS. The molecule has 1 aliphatic heterocycles. The molecule has 1 unspecified atom stereocenters. The van der Waals surface area contributed by atoms with E-state index < -0.39 is 0 Å². The second-order valence-corrected chi connectivity index (χ2v) is 4.85. The van der Waals surface area contributed by atoms with E-state index in [0.717, 1.165) is 11.6 Å². The fourth-order valence-electron chi connectivity index (χ4n) is 1.71. The molecule has 1 aromatic carbocycles. The van der Waals surface area contributed by atoms with Gasteiger partial charge < -0.3 is 4.90 Å². The Morgan fingerprint density at radius 2 is 2.31 bits per heavy atom. The fraction of sp³-hybridized carbons (Fsp3) is 0.400. The van der Waals surface area contributed by atoms with E-state index in [1.165, 1.54) is 10.6 Å². The van der Waals surface area contributed by atoms with Crippen LogP contribution in [0.3, 0.4) is 0 Å². The van der Waals surface area contributed by atoms with Crippen molar-refractivity contribution < 1.29 is 0 Å². The quantitative estimate of drug-likeness (QED) is 0.701. The summed E-state index contributed by atoms with van der Waals surface area (Å²) in [6.07, 6.45) is 0. The SMILES string of the molecule is CCN1c2c(Cl)cccc2SC1C. The van der Waals surface area contributed by atoms with Crippen molar-refractivity contribution in [1.29, 1.82) is 0 Å². The van der Waals surface area contributed by atoms with Crippen molar-refractivity contribution in [1.82, 2.24) is 0 Å². The topological polar surface area (TPSA) is 3.24 Å². The second kappa shape index (κ2) is 3.43. The molecule has 1 atom stereocenters. The molecule has 0 saturated heterocycles. The van der Waals surface area contributed by atoms with Gasteiger partial charge in [0.25, 0.3) is 0 Å². The molecule has 3 heteroatoms. The summed E-state index contributed by atoms with van der Waals surface area (Å²) in [5.41, 5.74) is 1.21. The van der Waals surface area contributed by atoms with Crippen LogP contribution >= 0.6 is 23.4 Å². The van der Waals surface area contributed by atoms with E-state index >= 15 is 0 Å². The summed E-state index contributed by atoms with van der Waals surface area (Å²) in [5.74, 6) is 0. The van der Waals surface area contributed by atoms with Crippen LogP contribution in [-0.4, -0.2) is 11.9 Å². The number of rotatable bonds is 1. The second-order valence-electron chi connectivity index (χ2n) is 3.09. The molecule has 13 heavy (non-hydrogen) atoms. The lowest BCUT2D eigenvalue weighted by Gasteiger charge is -2.22. The van der Waals surface area contributed by atoms with E-state index in [2.05, 4.69) is 24.8 Å². The lowest BCUT2D eigenvalue weighted by molar-refractivity contribution is 0.834. The molecule has 0 spiro atoms. The molecule has 1 heterocycles. The van der Waals surface area contributed by atoms with Crippen LogP contribution in [0, 0.1) is 0 Å². The smallest absolute Gasteiger partial charge is 0.0770 e. The predicted octanol–water partition coefficient (Wildman–Crippen LogP) is 3.62. The van der Waals surface area contributed by atoms with Crippen LogP contribution in [0.1, 0.15) is 13.8 Å². The van der Waals surface area contributed by atoms with E-state index in [1.54, 1.807) is 0 Å². The van der Waals surface area contributed by atoms with E-state index in [1.807, 2.05) is 23.9 Å². The summed E-state index contributed by atoms with van der Waals surface area (Å²) in [7, 11) is 0. The van der Waals surface area contributed by atoms with Gasteiger partial charge in [-0.05, 0) is 26.0 Å². The minimum Gasteiger partial charge on any atom is -0.358 e. The van der Waals surface area contributed by atoms with Gasteiger partial charge in [0.2, 0.25) is 0 Å². The maximum Gasteiger partial charge on any atom is 0.0770 e. The van der Waals surface area contributed by atoms with Gasteiger partial charge in [-0.3, -0.25) is 0 Å². The Hall–Kier alpha value is -0.340. The first-order chi connectivity index (χ1) is 6.24. The number of fused-ring (bicyclic) bond motifs is 1. The van der Waals surface area contributed by atoms with Crippen LogP contribution < -0.4 is 4.90 Å². The number of thioether (sulfide) groups is 1. The number of hydrogen-bond acceptors (Lipinski definition) is 2. The van der Waals surface area contributed by atoms with Crippen molar-refractivity contribution in [3.8, 4) is 0 Å². The Kier molecular flexibility index (Phi) is 2.43. The number of halogens is 1. The van der Waals surface area contributed by atoms with Gasteiger partial charge >= 0.3 is 0 Å². The van der Waals surface area contributed by atoms with Crippen molar-refractivity contribution in [3.05, 3.63) is 23.2 Å². The molecule has 1 aliphatic rings. The number of anilines is 1. The summed E-state index contributed by atoms with van der Waals surface area (Å²) in [4.78, 5) is 3.64. The molecule has 70 valence electrons. The molecule has 1 nitrogen and oxygen atoms in total. The molecular weight excluding hydrogens is 202 g/mol. The number of nitrogens with zero attached hydrogens (tertiary/aromatic N) is 1. The first kappa shape index (κ1) is 9.22. The average molecular weight is 214 g/mol. The van der Waals surface area contributed by atoms with Crippen molar-refractivity contribution in [2.75, 3.05) is 11.4 Å². The molecule has 0 fully saturated rings. The third kappa shape index (κ3) is 1.42. The highest BCUT2D eigenvalue weighted by molar-refractivity contribution is 8.00. The van der Waals surface area contributed by atoms with Gasteiger partial charge in [0.1, 0.15) is 0 Å². The standard InChI is InChI=1S/C10H12ClNS/c1-3-12-7(2)13-9-6-4-5-8(11)10(9)12/h4-7H,3H2,1-2H3. The van der Waals surface area contributed by atoms with Gasteiger partial charge in [0, 0.05) is 11.4 Å². The largest absolute Gasteiger partial charge is 0.358 e. The molecule has 0 amide bonds. The summed E-state index contributed by atoms with van der Waals surface area (Å²) >= 11 is 8.03. The van der Waals surface area contributed by atoms with Gasteiger partial charge in [0.05, 0.1) is 16.1 Å². The summed E-state index contributed by atoms with van der Waals surface area (Å²) in [6, 6.07) is 6.11. The van der Waals surface area contributed by atoms with E-state index in [-0.39, 0.29) is 0 Å². The minimum atomic E-state index is 0.514. The summed E-state index contributed by atoms with van der Waals surface area (Å²) < 4.78 is 0. The number of para-hydroxylation sites is 1. The Morgan fingerprint density at radius 1 is 1.54 bits per heavy atom. The molecule has 0 aliphatic carbocycles. The van der Waals surface area contributed by atoms with Crippen LogP contribution in [-0.2, 0) is 0 Å². The summed E-state index contributed by atoms with van der Waals surface area (Å²) in [6.45, 7) is 5.39. The van der Waals surface area contributed by atoms with Crippen LogP contribution in [0.4, 0.5) is 5.69 Å².